The average molecular weight is 289 g/mol. The molecule has 1 aromatic rings. The van der Waals surface area contributed by atoms with Crippen molar-refractivity contribution in [2.45, 2.75) is 55.0 Å². The normalized spacial score (nSPS) is 9.37. The van der Waals surface area contributed by atoms with Gasteiger partial charge < -0.3 is 4.74 Å². The first-order valence-electron chi connectivity index (χ1n) is 6.36. The smallest absolute Gasteiger partial charge is 0.0621 e. The van der Waals surface area contributed by atoms with E-state index in [9.17, 15) is 0 Å². The van der Waals surface area contributed by atoms with E-state index >= 15 is 0 Å². The van der Waals surface area contributed by atoms with Crippen molar-refractivity contribution in [3.63, 3.8) is 0 Å². The van der Waals surface area contributed by atoms with Crippen LogP contribution in [0.3, 0.4) is 0 Å². The van der Waals surface area contributed by atoms with Crippen LogP contribution in [0.1, 0.15) is 48.1 Å². The Morgan fingerprint density at radius 3 is 1.89 bits per heavy atom. The first kappa shape index (κ1) is 27.0. The molecule has 2 atom stereocenters. The second kappa shape index (κ2) is 22.7. The number of ether oxygens (including phenoxy) is 1. The third-order valence-electron chi connectivity index (χ3n) is 1.93. The standard InChI is InChI=1S/C10H16NOP.2C2H6.2CH4/c1-12-8-10(11-13)7-9-5-3-2-4-6-9;2*1-2;;/h2-6,10-11H,7-8,13H2,1H3;2*1-2H3;2*1H4. The van der Waals surface area contributed by atoms with Crippen LogP contribution in [0.2, 0.25) is 0 Å². The molecule has 1 N–H and O–H groups in total. The van der Waals surface area contributed by atoms with E-state index in [4.69, 9.17) is 4.74 Å². The van der Waals surface area contributed by atoms with Crippen LogP contribution in [0.4, 0.5) is 0 Å². The zero-order chi connectivity index (χ0) is 13.5. The zero-order valence-corrected chi connectivity index (χ0v) is 13.0. The lowest BCUT2D eigenvalue weighted by Crippen LogP contribution is -2.28. The molecular formula is C16H36NOP. The molecule has 0 aliphatic carbocycles. The van der Waals surface area contributed by atoms with Gasteiger partial charge >= 0.3 is 0 Å². The van der Waals surface area contributed by atoms with Crippen LogP contribution >= 0.6 is 9.39 Å². The molecule has 0 heterocycles. The summed E-state index contributed by atoms with van der Waals surface area (Å²) in [7, 11) is 4.26. The molecule has 2 nitrogen and oxygen atoms in total. The Bertz CT molecular complexity index is 229. The molecule has 1 aromatic carbocycles. The van der Waals surface area contributed by atoms with E-state index < -0.39 is 0 Å². The molecule has 0 aliphatic heterocycles. The highest BCUT2D eigenvalue weighted by molar-refractivity contribution is 7.13. The molecule has 0 saturated carbocycles. The molecule has 0 aliphatic rings. The third kappa shape index (κ3) is 15.5. The molecule has 0 saturated heterocycles. The molecule has 0 spiro atoms. The van der Waals surface area contributed by atoms with Crippen molar-refractivity contribution in [3.05, 3.63) is 35.9 Å². The van der Waals surface area contributed by atoms with Gasteiger partial charge in [-0.2, -0.15) is 0 Å². The first-order valence-corrected chi connectivity index (χ1v) is 6.93. The number of benzene rings is 1. The predicted molar refractivity (Wildman–Crippen MR) is 94.8 cm³/mol. The Kier molecular flexibility index (Phi) is 32.3. The summed E-state index contributed by atoms with van der Waals surface area (Å²) in [6.07, 6.45) is 0.998. The van der Waals surface area contributed by atoms with Gasteiger partial charge in [-0.1, -0.05) is 82.3 Å². The molecule has 0 aromatic heterocycles. The Hall–Kier alpha value is -0.430. The zero-order valence-electron chi connectivity index (χ0n) is 11.9. The highest BCUT2D eigenvalue weighted by Crippen LogP contribution is 2.04. The fourth-order valence-electron chi connectivity index (χ4n) is 1.27. The van der Waals surface area contributed by atoms with Gasteiger partial charge in [-0.05, 0) is 12.0 Å². The van der Waals surface area contributed by atoms with Crippen molar-refractivity contribution >= 4 is 9.39 Å². The summed E-state index contributed by atoms with van der Waals surface area (Å²) >= 11 is 0. The fourth-order valence-corrected chi connectivity index (χ4v) is 1.48. The molecule has 2 unspecified atom stereocenters. The lowest BCUT2D eigenvalue weighted by atomic mass is 10.1. The summed E-state index contributed by atoms with van der Waals surface area (Å²) in [6, 6.07) is 10.8. The summed E-state index contributed by atoms with van der Waals surface area (Å²) < 4.78 is 5.09. The second-order valence-electron chi connectivity index (χ2n) is 3.01. The van der Waals surface area contributed by atoms with Crippen LogP contribution in [0.5, 0.6) is 0 Å². The van der Waals surface area contributed by atoms with Crippen LogP contribution in [0.15, 0.2) is 30.3 Å². The number of rotatable bonds is 5. The molecule has 3 heteroatoms. The molecule has 116 valence electrons. The highest BCUT2D eigenvalue weighted by atomic mass is 31.0. The van der Waals surface area contributed by atoms with Gasteiger partial charge in [0.15, 0.2) is 0 Å². The van der Waals surface area contributed by atoms with Crippen molar-refractivity contribution in [1.29, 1.82) is 0 Å². The summed E-state index contributed by atoms with van der Waals surface area (Å²) in [5.74, 6) is 0. The SMILES string of the molecule is C.C.CC.CC.COCC(Cc1ccccc1)NP. The minimum Gasteiger partial charge on any atom is -0.383 e. The van der Waals surface area contributed by atoms with Crippen molar-refractivity contribution in [2.24, 2.45) is 0 Å². The molecular weight excluding hydrogens is 253 g/mol. The quantitative estimate of drug-likeness (QED) is 0.774. The van der Waals surface area contributed by atoms with Gasteiger partial charge in [-0.15, -0.1) is 0 Å². The minimum absolute atomic E-state index is 0. The van der Waals surface area contributed by atoms with E-state index in [0.717, 1.165) is 13.0 Å². The maximum atomic E-state index is 5.09. The largest absolute Gasteiger partial charge is 0.383 e. The summed E-state index contributed by atoms with van der Waals surface area (Å²) in [4.78, 5) is 0. The monoisotopic (exact) mass is 289 g/mol. The number of nitrogens with one attached hydrogen (secondary N) is 1. The van der Waals surface area contributed by atoms with Gasteiger partial charge in [0.25, 0.3) is 0 Å². The van der Waals surface area contributed by atoms with E-state index in [1.807, 2.05) is 33.8 Å². The number of hydrogen-bond donors (Lipinski definition) is 1. The fraction of sp³-hybridized carbons (Fsp3) is 0.625. The summed E-state index contributed by atoms with van der Waals surface area (Å²) in [6.45, 7) is 8.73. The predicted octanol–water partition coefficient (Wildman–Crippen LogP) is 4.95. The molecule has 0 radical (unpaired) electrons. The third-order valence-corrected chi connectivity index (χ3v) is 2.40. The van der Waals surface area contributed by atoms with E-state index in [-0.39, 0.29) is 14.9 Å². The van der Waals surface area contributed by atoms with Crippen molar-refractivity contribution < 1.29 is 4.74 Å². The second-order valence-corrected chi connectivity index (χ2v) is 3.34. The average Bonchev–Trinajstić information content (AvgIpc) is 2.44. The van der Waals surface area contributed by atoms with Crippen LogP contribution in [-0.2, 0) is 11.2 Å². The molecule has 0 fully saturated rings. The Morgan fingerprint density at radius 2 is 1.53 bits per heavy atom. The van der Waals surface area contributed by atoms with E-state index in [0.29, 0.717) is 6.04 Å². The molecule has 0 bridgehead atoms. The van der Waals surface area contributed by atoms with Crippen molar-refractivity contribution in [3.8, 4) is 0 Å². The van der Waals surface area contributed by atoms with Crippen LogP contribution in [0.25, 0.3) is 0 Å². The highest BCUT2D eigenvalue weighted by Gasteiger charge is 2.05. The number of methoxy groups -OCH3 is 1. The van der Waals surface area contributed by atoms with Gasteiger partial charge in [0.1, 0.15) is 0 Å². The van der Waals surface area contributed by atoms with Crippen LogP contribution in [-0.4, -0.2) is 19.8 Å². The molecule has 19 heavy (non-hydrogen) atoms. The van der Waals surface area contributed by atoms with Gasteiger partial charge in [-0.25, -0.2) is 0 Å². The Labute approximate surface area is 124 Å². The maximum absolute atomic E-state index is 5.09. The van der Waals surface area contributed by atoms with Crippen molar-refractivity contribution in [1.82, 2.24) is 5.09 Å². The maximum Gasteiger partial charge on any atom is 0.0621 e. The molecule has 0 amide bonds. The lowest BCUT2D eigenvalue weighted by Gasteiger charge is -2.14. The van der Waals surface area contributed by atoms with Gasteiger partial charge in [0.05, 0.1) is 6.61 Å². The van der Waals surface area contributed by atoms with E-state index in [1.165, 1.54) is 5.56 Å². The Morgan fingerprint density at radius 1 is 1.05 bits per heavy atom. The minimum atomic E-state index is 0. The van der Waals surface area contributed by atoms with Gasteiger partial charge in [0, 0.05) is 13.2 Å². The van der Waals surface area contributed by atoms with Gasteiger partial charge in [-0.3, -0.25) is 5.09 Å². The lowest BCUT2D eigenvalue weighted by molar-refractivity contribution is 0.175. The summed E-state index contributed by atoms with van der Waals surface area (Å²) in [5.41, 5.74) is 1.33. The van der Waals surface area contributed by atoms with Crippen LogP contribution in [0, 0.1) is 0 Å². The van der Waals surface area contributed by atoms with Crippen LogP contribution < -0.4 is 5.09 Å². The number of hydrogen-bond acceptors (Lipinski definition) is 2. The van der Waals surface area contributed by atoms with E-state index in [2.05, 4.69) is 38.7 Å². The first-order chi connectivity index (χ1) is 8.36. The Balaban J connectivity index is -0.000000171. The van der Waals surface area contributed by atoms with Crippen molar-refractivity contribution in [2.75, 3.05) is 13.7 Å². The van der Waals surface area contributed by atoms with E-state index in [1.54, 1.807) is 7.11 Å². The topological polar surface area (TPSA) is 21.3 Å². The van der Waals surface area contributed by atoms with Gasteiger partial charge in [0.2, 0.25) is 0 Å². The molecule has 1 rings (SSSR count). The summed E-state index contributed by atoms with van der Waals surface area (Å²) in [5, 5.41) is 3.14.